The summed E-state index contributed by atoms with van der Waals surface area (Å²) >= 11 is 17.4. The summed E-state index contributed by atoms with van der Waals surface area (Å²) in [6, 6.07) is 11.0. The maximum absolute atomic E-state index is 13.7. The number of carbonyl (C=O) groups is 1. The highest BCUT2D eigenvalue weighted by molar-refractivity contribution is 6.58. The number of hydrogen-bond donors (Lipinski definition) is 2. The van der Waals surface area contributed by atoms with Crippen molar-refractivity contribution < 1.29 is 9.18 Å². The molecule has 0 fully saturated rings. The Bertz CT molecular complexity index is 772. The molecule has 0 unspecified atom stereocenters. The minimum atomic E-state index is -0.514. The van der Waals surface area contributed by atoms with Crippen molar-refractivity contribution >= 4 is 46.5 Å². The molecule has 0 saturated carbocycles. The quantitative estimate of drug-likeness (QED) is 0.725. The summed E-state index contributed by atoms with van der Waals surface area (Å²) in [7, 11) is 0. The number of benzene rings is 2. The van der Waals surface area contributed by atoms with Gasteiger partial charge in [-0.25, -0.2) is 9.18 Å². The Morgan fingerprint density at radius 3 is 2.38 bits per heavy atom. The molecule has 0 radical (unpaired) electrons. The zero-order valence-electron chi connectivity index (χ0n) is 12.7. The minimum Gasteiger partial charge on any atom is -0.334 e. The van der Waals surface area contributed by atoms with Gasteiger partial charge in [-0.05, 0) is 36.2 Å². The van der Waals surface area contributed by atoms with Crippen LogP contribution in [-0.4, -0.2) is 6.03 Å². The molecule has 0 saturated heterocycles. The summed E-state index contributed by atoms with van der Waals surface area (Å²) in [6.07, 6.45) is 0. The van der Waals surface area contributed by atoms with Crippen LogP contribution in [0.2, 0.25) is 5.02 Å². The largest absolute Gasteiger partial charge is 0.334 e. The highest BCUT2D eigenvalue weighted by Crippen LogP contribution is 2.23. The van der Waals surface area contributed by atoms with E-state index in [4.69, 9.17) is 34.8 Å². The van der Waals surface area contributed by atoms with Gasteiger partial charge in [-0.15, -0.1) is 0 Å². The first kappa shape index (κ1) is 18.6. The first-order valence-corrected chi connectivity index (χ1v) is 8.11. The molecule has 0 aliphatic carbocycles. The van der Waals surface area contributed by atoms with Crippen molar-refractivity contribution in [1.29, 1.82) is 0 Å². The lowest BCUT2D eigenvalue weighted by molar-refractivity contribution is 0.244. The van der Waals surface area contributed by atoms with E-state index in [-0.39, 0.29) is 10.2 Å². The van der Waals surface area contributed by atoms with Crippen LogP contribution in [0.25, 0.3) is 5.70 Å². The summed E-state index contributed by atoms with van der Waals surface area (Å²) in [4.78, 5) is 12.0. The van der Waals surface area contributed by atoms with E-state index in [1.165, 1.54) is 6.07 Å². The fourth-order valence-electron chi connectivity index (χ4n) is 1.92. The van der Waals surface area contributed by atoms with E-state index in [1.54, 1.807) is 43.3 Å². The molecule has 2 N–H and O–H groups in total. The Hall–Kier alpha value is -1.75. The molecular formula is C17H14Cl3FN2O. The third-order valence-electron chi connectivity index (χ3n) is 3.25. The third-order valence-corrected chi connectivity index (χ3v) is 3.88. The van der Waals surface area contributed by atoms with E-state index in [0.29, 0.717) is 22.7 Å². The van der Waals surface area contributed by atoms with Crippen LogP contribution in [0.3, 0.4) is 0 Å². The number of nitrogens with one attached hydrogen (secondary N) is 2. The topological polar surface area (TPSA) is 41.1 Å². The van der Waals surface area contributed by atoms with Crippen LogP contribution < -0.4 is 10.6 Å². The van der Waals surface area contributed by atoms with Gasteiger partial charge in [0.15, 0.2) is 0 Å². The molecule has 2 aromatic carbocycles. The van der Waals surface area contributed by atoms with E-state index < -0.39 is 11.8 Å². The van der Waals surface area contributed by atoms with Gasteiger partial charge in [-0.2, -0.15) is 0 Å². The van der Waals surface area contributed by atoms with Gasteiger partial charge in [0.2, 0.25) is 0 Å². The molecule has 0 atom stereocenters. The van der Waals surface area contributed by atoms with Crippen molar-refractivity contribution in [3.63, 3.8) is 0 Å². The van der Waals surface area contributed by atoms with E-state index in [2.05, 4.69) is 10.6 Å². The molecular weight excluding hydrogens is 374 g/mol. The van der Waals surface area contributed by atoms with Gasteiger partial charge in [-0.3, -0.25) is 0 Å². The zero-order chi connectivity index (χ0) is 17.7. The number of rotatable bonds is 4. The molecule has 24 heavy (non-hydrogen) atoms. The number of aryl methyl sites for hydroxylation is 1. The second-order valence-corrected chi connectivity index (χ2v) is 6.42. The Kier molecular flexibility index (Phi) is 6.49. The van der Waals surface area contributed by atoms with Gasteiger partial charge in [0, 0.05) is 17.1 Å². The minimum absolute atomic E-state index is 0.130. The average molecular weight is 388 g/mol. The summed E-state index contributed by atoms with van der Waals surface area (Å²) in [6.45, 7) is 1.93. The van der Waals surface area contributed by atoms with Crippen LogP contribution in [0.1, 0.15) is 16.7 Å². The van der Waals surface area contributed by atoms with Crippen LogP contribution in [0.15, 0.2) is 47.0 Å². The van der Waals surface area contributed by atoms with Gasteiger partial charge < -0.3 is 10.6 Å². The predicted molar refractivity (Wildman–Crippen MR) is 96.6 cm³/mol. The maximum atomic E-state index is 13.7. The number of urea groups is 1. The average Bonchev–Trinajstić information content (AvgIpc) is 2.54. The second-order valence-electron chi connectivity index (χ2n) is 5.03. The Balaban J connectivity index is 2.05. The zero-order valence-corrected chi connectivity index (χ0v) is 14.9. The van der Waals surface area contributed by atoms with E-state index in [1.807, 2.05) is 0 Å². The number of carbonyl (C=O) groups excluding carboxylic acids is 1. The smallest absolute Gasteiger partial charge is 0.319 e. The molecule has 126 valence electrons. The summed E-state index contributed by atoms with van der Waals surface area (Å²) in [5, 5.41) is 5.81. The Labute approximate surface area is 154 Å². The SMILES string of the molecule is Cc1ccc(C(NC(=O)NCc2ccc(Cl)cc2)=C(Cl)Cl)cc1F. The fraction of sp³-hybridized carbons (Fsp3) is 0.118. The Morgan fingerprint density at radius 1 is 1.12 bits per heavy atom. The van der Waals surface area contributed by atoms with Crippen LogP contribution in [0.4, 0.5) is 9.18 Å². The van der Waals surface area contributed by atoms with Crippen molar-refractivity contribution in [2.45, 2.75) is 13.5 Å². The van der Waals surface area contributed by atoms with Crippen molar-refractivity contribution in [2.75, 3.05) is 0 Å². The number of amides is 2. The second kappa shape index (κ2) is 8.38. The Morgan fingerprint density at radius 2 is 1.79 bits per heavy atom. The van der Waals surface area contributed by atoms with E-state index in [9.17, 15) is 9.18 Å². The lowest BCUT2D eigenvalue weighted by atomic mass is 10.1. The number of halogens is 4. The third kappa shape index (κ3) is 5.13. The molecule has 0 aromatic heterocycles. The molecule has 0 bridgehead atoms. The summed E-state index contributed by atoms with van der Waals surface area (Å²) < 4.78 is 13.5. The molecule has 3 nitrogen and oxygen atoms in total. The lowest BCUT2D eigenvalue weighted by Gasteiger charge is -2.12. The standard InChI is InChI=1S/C17H14Cl3FN2O/c1-10-2-5-12(8-14(10)21)15(16(19)20)23-17(24)22-9-11-3-6-13(18)7-4-11/h2-8H,9H2,1H3,(H2,22,23,24). The maximum Gasteiger partial charge on any atom is 0.319 e. The van der Waals surface area contributed by atoms with Gasteiger partial charge in [0.05, 0.1) is 5.70 Å². The normalized spacial score (nSPS) is 10.2. The predicted octanol–water partition coefficient (Wildman–Crippen LogP) is 5.39. The lowest BCUT2D eigenvalue weighted by Crippen LogP contribution is -2.34. The van der Waals surface area contributed by atoms with Crippen molar-refractivity contribution in [1.82, 2.24) is 10.6 Å². The van der Waals surface area contributed by atoms with E-state index >= 15 is 0 Å². The van der Waals surface area contributed by atoms with E-state index in [0.717, 1.165) is 5.56 Å². The van der Waals surface area contributed by atoms with Crippen LogP contribution in [0.5, 0.6) is 0 Å². The van der Waals surface area contributed by atoms with Gasteiger partial charge in [-0.1, -0.05) is 59.1 Å². The molecule has 0 spiro atoms. The highest BCUT2D eigenvalue weighted by atomic mass is 35.5. The molecule has 0 aliphatic heterocycles. The summed E-state index contributed by atoms with van der Waals surface area (Å²) in [5.74, 6) is -0.414. The molecule has 2 amide bonds. The van der Waals surface area contributed by atoms with Crippen molar-refractivity contribution in [3.8, 4) is 0 Å². The molecule has 2 aromatic rings. The van der Waals surface area contributed by atoms with Gasteiger partial charge in [0.1, 0.15) is 10.3 Å². The molecule has 7 heteroatoms. The van der Waals surface area contributed by atoms with Crippen molar-refractivity contribution in [2.24, 2.45) is 0 Å². The van der Waals surface area contributed by atoms with Gasteiger partial charge in [0.25, 0.3) is 0 Å². The molecule has 0 aliphatic rings. The first-order chi connectivity index (χ1) is 11.4. The van der Waals surface area contributed by atoms with Crippen LogP contribution in [0, 0.1) is 12.7 Å². The van der Waals surface area contributed by atoms with Crippen molar-refractivity contribution in [3.05, 3.63) is 74.5 Å². The van der Waals surface area contributed by atoms with Gasteiger partial charge >= 0.3 is 6.03 Å². The fourth-order valence-corrected chi connectivity index (χ4v) is 2.36. The molecule has 0 heterocycles. The number of hydrogen-bond acceptors (Lipinski definition) is 1. The van der Waals surface area contributed by atoms with Crippen LogP contribution >= 0.6 is 34.8 Å². The summed E-state index contributed by atoms with van der Waals surface area (Å²) in [5.41, 5.74) is 1.86. The molecule has 2 rings (SSSR count). The monoisotopic (exact) mass is 386 g/mol. The first-order valence-electron chi connectivity index (χ1n) is 6.98. The highest BCUT2D eigenvalue weighted by Gasteiger charge is 2.12. The van der Waals surface area contributed by atoms with Crippen LogP contribution in [-0.2, 0) is 6.54 Å².